The number of carbonyl (C=O) groups excluding carboxylic acids is 2. The Bertz CT molecular complexity index is 946. The van der Waals surface area contributed by atoms with E-state index in [-0.39, 0.29) is 29.7 Å². The summed E-state index contributed by atoms with van der Waals surface area (Å²) in [6.45, 7) is 4.79. The van der Waals surface area contributed by atoms with Gasteiger partial charge in [-0.3, -0.25) is 19.5 Å². The Balaban J connectivity index is 1.19. The molecule has 3 saturated heterocycles. The van der Waals surface area contributed by atoms with Crippen molar-refractivity contribution in [3.63, 3.8) is 0 Å². The van der Waals surface area contributed by atoms with Crippen LogP contribution in [0, 0.1) is 0 Å². The molecule has 2 aromatic rings. The molecule has 2 unspecified atom stereocenters. The van der Waals surface area contributed by atoms with Crippen LogP contribution in [-0.2, 0) is 9.53 Å². The van der Waals surface area contributed by atoms with Crippen molar-refractivity contribution >= 4 is 11.8 Å². The van der Waals surface area contributed by atoms with Gasteiger partial charge in [0.15, 0.2) is 11.5 Å². The molecule has 0 spiro atoms. The van der Waals surface area contributed by atoms with E-state index in [1.165, 1.54) is 6.42 Å². The molecule has 8 heteroatoms. The van der Waals surface area contributed by atoms with Crippen LogP contribution in [0.4, 0.5) is 0 Å². The number of nitrogens with zero attached hydrogens (tertiary/aromatic N) is 3. The summed E-state index contributed by atoms with van der Waals surface area (Å²) < 4.78 is 11.6. The number of hydrogen-bond donors (Lipinski definition) is 1. The molecule has 31 heavy (non-hydrogen) atoms. The molecular weight excluding hydrogens is 396 g/mol. The van der Waals surface area contributed by atoms with Gasteiger partial charge in [0, 0.05) is 37.4 Å². The molecular formula is C23H28N4O4. The lowest BCUT2D eigenvalue weighted by Gasteiger charge is -2.34. The molecule has 1 N–H and O–H groups in total. The van der Waals surface area contributed by atoms with Crippen LogP contribution >= 0.6 is 0 Å². The summed E-state index contributed by atoms with van der Waals surface area (Å²) in [4.78, 5) is 34.2. The van der Waals surface area contributed by atoms with Gasteiger partial charge < -0.3 is 19.4 Å². The number of nitrogens with one attached hydrogen (secondary N) is 1. The van der Waals surface area contributed by atoms with E-state index >= 15 is 0 Å². The normalized spacial score (nSPS) is 28.5. The zero-order valence-electron chi connectivity index (χ0n) is 17.7. The van der Waals surface area contributed by atoms with Crippen molar-refractivity contribution in [2.24, 2.45) is 0 Å². The van der Waals surface area contributed by atoms with Crippen molar-refractivity contribution in [3.05, 3.63) is 42.3 Å². The lowest BCUT2D eigenvalue weighted by atomic mass is 10.1. The van der Waals surface area contributed by atoms with Crippen molar-refractivity contribution in [1.82, 2.24) is 20.1 Å². The van der Waals surface area contributed by atoms with Crippen LogP contribution in [0.3, 0.4) is 0 Å². The molecule has 2 amide bonds. The summed E-state index contributed by atoms with van der Waals surface area (Å²) in [5, 5.41) is 3.10. The van der Waals surface area contributed by atoms with E-state index in [4.69, 9.17) is 9.15 Å². The highest BCUT2D eigenvalue weighted by atomic mass is 16.5. The van der Waals surface area contributed by atoms with Crippen LogP contribution in [0.2, 0.25) is 0 Å². The number of hydrogen-bond acceptors (Lipinski definition) is 6. The molecule has 2 aromatic heterocycles. The third kappa shape index (κ3) is 4.09. The maximum absolute atomic E-state index is 13.0. The average Bonchev–Trinajstić information content (AvgIpc) is 3.53. The summed E-state index contributed by atoms with van der Waals surface area (Å²) in [5.41, 5.74) is 0.689. The molecule has 8 nitrogen and oxygen atoms in total. The number of furan rings is 1. The second-order valence-corrected chi connectivity index (χ2v) is 8.74. The molecule has 4 atom stereocenters. The van der Waals surface area contributed by atoms with Crippen molar-refractivity contribution in [2.45, 2.75) is 50.4 Å². The second-order valence-electron chi connectivity index (χ2n) is 8.74. The SMILES string of the molecule is CC1CC(NC(=O)[C@H]2CN3CCC[C@H]3CO2)CN1C(=O)c1ccc(-c2ccccn2)o1. The lowest BCUT2D eigenvalue weighted by molar-refractivity contribution is -0.141. The van der Waals surface area contributed by atoms with Crippen molar-refractivity contribution in [1.29, 1.82) is 0 Å². The fraction of sp³-hybridized carbons (Fsp3) is 0.522. The molecule has 0 aliphatic carbocycles. The summed E-state index contributed by atoms with van der Waals surface area (Å²) >= 11 is 0. The van der Waals surface area contributed by atoms with Gasteiger partial charge in [-0.2, -0.15) is 0 Å². The number of aromatic nitrogens is 1. The highest BCUT2D eigenvalue weighted by Gasteiger charge is 2.39. The molecule has 3 aliphatic heterocycles. The highest BCUT2D eigenvalue weighted by Crippen LogP contribution is 2.26. The molecule has 5 rings (SSSR count). The monoisotopic (exact) mass is 424 g/mol. The van der Waals surface area contributed by atoms with Crippen molar-refractivity contribution in [2.75, 3.05) is 26.2 Å². The Morgan fingerprint density at radius 2 is 2.10 bits per heavy atom. The molecule has 0 bridgehead atoms. The first-order valence-electron chi connectivity index (χ1n) is 11.1. The van der Waals surface area contributed by atoms with Gasteiger partial charge in [0.05, 0.1) is 6.61 Å². The zero-order chi connectivity index (χ0) is 21.4. The van der Waals surface area contributed by atoms with Crippen molar-refractivity contribution in [3.8, 4) is 11.5 Å². The summed E-state index contributed by atoms with van der Waals surface area (Å²) in [5.74, 6) is 0.609. The number of likely N-dealkylation sites (tertiary alicyclic amines) is 1. The van der Waals surface area contributed by atoms with Crippen LogP contribution in [0.25, 0.3) is 11.5 Å². The van der Waals surface area contributed by atoms with E-state index < -0.39 is 6.10 Å². The molecule has 3 fully saturated rings. The second kappa shape index (κ2) is 8.43. The number of ether oxygens (including phenoxy) is 1. The molecule has 5 heterocycles. The summed E-state index contributed by atoms with van der Waals surface area (Å²) in [6, 6.07) is 9.40. The Morgan fingerprint density at radius 3 is 2.94 bits per heavy atom. The number of morpholine rings is 1. The van der Waals surface area contributed by atoms with Crippen LogP contribution in [0.5, 0.6) is 0 Å². The molecule has 0 aromatic carbocycles. The van der Waals surface area contributed by atoms with Gasteiger partial charge in [0.1, 0.15) is 11.8 Å². The minimum atomic E-state index is -0.430. The Morgan fingerprint density at radius 1 is 1.19 bits per heavy atom. The topological polar surface area (TPSA) is 87.9 Å². The molecule has 3 aliphatic rings. The molecule has 164 valence electrons. The van der Waals surface area contributed by atoms with Crippen molar-refractivity contribution < 1.29 is 18.7 Å². The highest BCUT2D eigenvalue weighted by molar-refractivity contribution is 5.92. The standard InChI is InChI=1S/C23H28N4O4/c1-15-11-16(25-22(28)21-13-26-10-4-5-17(26)14-30-21)12-27(15)23(29)20-8-7-19(31-20)18-6-2-3-9-24-18/h2-3,6-9,15-17,21H,4-5,10-14H2,1H3,(H,25,28)/t15?,16?,17-,21+/m0/s1. The van der Waals surface area contributed by atoms with E-state index in [0.717, 1.165) is 13.0 Å². The summed E-state index contributed by atoms with van der Waals surface area (Å²) in [7, 11) is 0. The smallest absolute Gasteiger partial charge is 0.289 e. The first kappa shape index (κ1) is 20.2. The van der Waals surface area contributed by atoms with E-state index in [2.05, 4.69) is 15.2 Å². The molecule has 0 radical (unpaired) electrons. The van der Waals surface area contributed by atoms with Gasteiger partial charge in [0.2, 0.25) is 0 Å². The largest absolute Gasteiger partial charge is 0.449 e. The van der Waals surface area contributed by atoms with Crippen LogP contribution in [-0.4, -0.2) is 77.1 Å². The van der Waals surface area contributed by atoms with Gasteiger partial charge in [-0.1, -0.05) is 6.07 Å². The van der Waals surface area contributed by atoms with E-state index in [0.29, 0.717) is 43.6 Å². The molecule has 0 saturated carbocycles. The number of amides is 2. The fourth-order valence-electron chi connectivity index (χ4n) is 4.93. The number of fused-ring (bicyclic) bond motifs is 1. The minimum absolute atomic E-state index is 0.0106. The minimum Gasteiger partial charge on any atom is -0.449 e. The quantitative estimate of drug-likeness (QED) is 0.807. The Kier molecular flexibility index (Phi) is 5.50. The number of carbonyl (C=O) groups is 2. The first-order chi connectivity index (χ1) is 15.1. The first-order valence-corrected chi connectivity index (χ1v) is 11.1. The maximum atomic E-state index is 13.0. The summed E-state index contributed by atoms with van der Waals surface area (Å²) in [6.07, 6.45) is 4.30. The van der Waals surface area contributed by atoms with Gasteiger partial charge in [-0.25, -0.2) is 0 Å². The van der Waals surface area contributed by atoms with Gasteiger partial charge in [-0.15, -0.1) is 0 Å². The van der Waals surface area contributed by atoms with Crippen LogP contribution in [0.1, 0.15) is 36.7 Å². The predicted molar refractivity (Wildman–Crippen MR) is 113 cm³/mol. The van der Waals surface area contributed by atoms with Gasteiger partial charge in [-0.05, 0) is 57.0 Å². The zero-order valence-corrected chi connectivity index (χ0v) is 17.7. The third-order valence-corrected chi connectivity index (χ3v) is 6.60. The van der Waals surface area contributed by atoms with E-state index in [1.807, 2.05) is 25.1 Å². The Labute approximate surface area is 181 Å². The van der Waals surface area contributed by atoms with Gasteiger partial charge in [0.25, 0.3) is 11.8 Å². The van der Waals surface area contributed by atoms with Gasteiger partial charge >= 0.3 is 0 Å². The number of rotatable bonds is 4. The number of pyridine rings is 1. The maximum Gasteiger partial charge on any atom is 0.289 e. The lowest BCUT2D eigenvalue weighted by Crippen LogP contribution is -2.53. The Hall–Kier alpha value is -2.71. The van der Waals surface area contributed by atoms with E-state index in [9.17, 15) is 9.59 Å². The van der Waals surface area contributed by atoms with E-state index in [1.54, 1.807) is 23.2 Å². The van der Waals surface area contributed by atoms with Crippen LogP contribution < -0.4 is 5.32 Å². The predicted octanol–water partition coefficient (Wildman–Crippen LogP) is 1.92. The average molecular weight is 425 g/mol. The fourth-order valence-corrected chi connectivity index (χ4v) is 4.93. The van der Waals surface area contributed by atoms with Crippen LogP contribution in [0.15, 0.2) is 40.9 Å². The third-order valence-electron chi connectivity index (χ3n) is 6.60.